The summed E-state index contributed by atoms with van der Waals surface area (Å²) in [7, 11) is 2.01. The van der Waals surface area contributed by atoms with E-state index < -0.39 is 0 Å². The Hall–Kier alpha value is -1.36. The normalized spacial score (nSPS) is 9.93. The Morgan fingerprint density at radius 1 is 1.50 bits per heavy atom. The third-order valence-corrected chi connectivity index (χ3v) is 2.04. The molecule has 0 amide bonds. The van der Waals surface area contributed by atoms with Gasteiger partial charge in [-0.2, -0.15) is 0 Å². The van der Waals surface area contributed by atoms with Crippen molar-refractivity contribution in [3.05, 3.63) is 12.4 Å². The molecular formula is C9H17N5. The maximum atomic E-state index is 5.26. The highest BCUT2D eigenvalue weighted by Crippen LogP contribution is 2.11. The van der Waals surface area contributed by atoms with Crippen LogP contribution in [0.15, 0.2) is 12.4 Å². The molecule has 3 N–H and O–H groups in total. The van der Waals surface area contributed by atoms with Crippen molar-refractivity contribution < 1.29 is 0 Å². The van der Waals surface area contributed by atoms with Crippen molar-refractivity contribution in [2.24, 2.45) is 5.84 Å². The smallest absolute Gasteiger partial charge is 0.145 e. The maximum Gasteiger partial charge on any atom is 0.145 e. The van der Waals surface area contributed by atoms with Gasteiger partial charge in [0.2, 0.25) is 0 Å². The summed E-state index contributed by atoms with van der Waals surface area (Å²) in [6.45, 7) is 3.16. The van der Waals surface area contributed by atoms with Crippen molar-refractivity contribution in [1.82, 2.24) is 9.97 Å². The third-order valence-electron chi connectivity index (χ3n) is 2.04. The molecule has 0 bridgehead atoms. The van der Waals surface area contributed by atoms with Gasteiger partial charge in [0, 0.05) is 19.7 Å². The van der Waals surface area contributed by atoms with Gasteiger partial charge in [0.15, 0.2) is 0 Å². The van der Waals surface area contributed by atoms with Crippen molar-refractivity contribution in [3.63, 3.8) is 0 Å². The zero-order valence-corrected chi connectivity index (χ0v) is 8.70. The Morgan fingerprint density at radius 3 is 2.93 bits per heavy atom. The summed E-state index contributed by atoms with van der Waals surface area (Å²) in [4.78, 5) is 10.2. The number of anilines is 2. The van der Waals surface area contributed by atoms with Crippen LogP contribution in [0.5, 0.6) is 0 Å². The van der Waals surface area contributed by atoms with Crippen molar-refractivity contribution in [2.45, 2.75) is 19.8 Å². The molecule has 0 saturated carbocycles. The molecule has 1 rings (SSSR count). The summed E-state index contributed by atoms with van der Waals surface area (Å²) >= 11 is 0. The van der Waals surface area contributed by atoms with E-state index in [1.165, 1.54) is 12.7 Å². The highest BCUT2D eigenvalue weighted by molar-refractivity contribution is 5.46. The van der Waals surface area contributed by atoms with Gasteiger partial charge in [0.05, 0.1) is 0 Å². The minimum atomic E-state index is 0.637. The molecule has 5 nitrogen and oxygen atoms in total. The van der Waals surface area contributed by atoms with Gasteiger partial charge in [0.25, 0.3) is 0 Å². The average molecular weight is 195 g/mol. The number of aromatic nitrogens is 2. The monoisotopic (exact) mass is 195 g/mol. The lowest BCUT2D eigenvalue weighted by Gasteiger charge is -2.17. The van der Waals surface area contributed by atoms with Crippen LogP contribution in [0.25, 0.3) is 0 Å². The van der Waals surface area contributed by atoms with Crippen molar-refractivity contribution in [3.8, 4) is 0 Å². The molecule has 14 heavy (non-hydrogen) atoms. The van der Waals surface area contributed by atoms with Gasteiger partial charge in [-0.25, -0.2) is 15.8 Å². The second kappa shape index (κ2) is 5.39. The van der Waals surface area contributed by atoms with E-state index in [2.05, 4.69) is 27.2 Å². The summed E-state index contributed by atoms with van der Waals surface area (Å²) in [6.07, 6.45) is 3.84. The number of unbranched alkanes of at least 4 members (excludes halogenated alkanes) is 1. The number of nitrogens with zero attached hydrogens (tertiary/aromatic N) is 3. The molecule has 1 heterocycles. The summed E-state index contributed by atoms with van der Waals surface area (Å²) in [5.74, 6) is 6.79. The van der Waals surface area contributed by atoms with Crippen LogP contribution in [0.4, 0.5) is 11.6 Å². The first-order valence-corrected chi connectivity index (χ1v) is 4.77. The standard InChI is InChI=1S/C9H17N5/c1-3-4-5-14(2)9-6-8(13-10)11-7-12-9/h6-7H,3-5,10H2,1-2H3,(H,11,12,13). The zero-order valence-electron chi connectivity index (χ0n) is 8.70. The van der Waals surface area contributed by atoms with Gasteiger partial charge < -0.3 is 10.3 Å². The summed E-state index contributed by atoms with van der Waals surface area (Å²) in [6, 6.07) is 1.83. The van der Waals surface area contributed by atoms with Crippen LogP contribution in [-0.2, 0) is 0 Å². The average Bonchev–Trinajstić information content (AvgIpc) is 2.26. The summed E-state index contributed by atoms with van der Waals surface area (Å²) in [5.41, 5.74) is 2.50. The predicted octanol–water partition coefficient (Wildman–Crippen LogP) is 0.998. The number of hydrazine groups is 1. The minimum absolute atomic E-state index is 0.637. The van der Waals surface area contributed by atoms with Crippen LogP contribution in [0.3, 0.4) is 0 Å². The SMILES string of the molecule is CCCCN(C)c1cc(NN)ncn1. The molecule has 1 aromatic rings. The lowest BCUT2D eigenvalue weighted by atomic mass is 10.3. The molecule has 1 aromatic heterocycles. The molecule has 0 aliphatic heterocycles. The van der Waals surface area contributed by atoms with Gasteiger partial charge in [-0.05, 0) is 6.42 Å². The van der Waals surface area contributed by atoms with Crippen LogP contribution in [0.1, 0.15) is 19.8 Å². The highest BCUT2D eigenvalue weighted by Gasteiger charge is 2.02. The Balaban J connectivity index is 2.64. The summed E-state index contributed by atoms with van der Waals surface area (Å²) in [5, 5.41) is 0. The molecule has 0 aromatic carbocycles. The molecule has 0 unspecified atom stereocenters. The number of nitrogens with one attached hydrogen (secondary N) is 1. The van der Waals surface area contributed by atoms with Crippen LogP contribution < -0.4 is 16.2 Å². The second-order valence-electron chi connectivity index (χ2n) is 3.18. The molecule has 0 atom stereocenters. The van der Waals surface area contributed by atoms with Crippen molar-refractivity contribution in [1.29, 1.82) is 0 Å². The van der Waals surface area contributed by atoms with Crippen LogP contribution in [0.2, 0.25) is 0 Å². The third kappa shape index (κ3) is 2.85. The van der Waals surface area contributed by atoms with Gasteiger partial charge in [0.1, 0.15) is 18.0 Å². The van der Waals surface area contributed by atoms with Crippen molar-refractivity contribution >= 4 is 11.6 Å². The number of rotatable bonds is 5. The number of nitrogens with two attached hydrogens (primary N) is 1. The number of nitrogen functional groups attached to an aromatic ring is 1. The molecule has 0 fully saturated rings. The molecule has 0 aliphatic carbocycles. The van der Waals surface area contributed by atoms with Gasteiger partial charge in [-0.1, -0.05) is 13.3 Å². The zero-order chi connectivity index (χ0) is 10.4. The van der Waals surface area contributed by atoms with E-state index in [-0.39, 0.29) is 0 Å². The molecule has 0 radical (unpaired) electrons. The van der Waals surface area contributed by atoms with E-state index in [0.29, 0.717) is 5.82 Å². The number of hydrogen-bond donors (Lipinski definition) is 2. The Labute approximate surface area is 84.3 Å². The molecule has 5 heteroatoms. The van der Waals surface area contributed by atoms with E-state index in [9.17, 15) is 0 Å². The first-order chi connectivity index (χ1) is 6.77. The second-order valence-corrected chi connectivity index (χ2v) is 3.18. The fraction of sp³-hybridized carbons (Fsp3) is 0.556. The van der Waals surface area contributed by atoms with Gasteiger partial charge in [-0.3, -0.25) is 0 Å². The molecule has 0 spiro atoms. The maximum absolute atomic E-state index is 5.26. The highest BCUT2D eigenvalue weighted by atomic mass is 15.3. The predicted molar refractivity (Wildman–Crippen MR) is 58.0 cm³/mol. The molecule has 0 aliphatic rings. The van der Waals surface area contributed by atoms with Gasteiger partial charge >= 0.3 is 0 Å². The molecular weight excluding hydrogens is 178 g/mol. The van der Waals surface area contributed by atoms with E-state index >= 15 is 0 Å². The Morgan fingerprint density at radius 2 is 2.29 bits per heavy atom. The largest absolute Gasteiger partial charge is 0.360 e. The lowest BCUT2D eigenvalue weighted by molar-refractivity contribution is 0.758. The van der Waals surface area contributed by atoms with Crippen LogP contribution in [-0.4, -0.2) is 23.6 Å². The Bertz CT molecular complexity index is 276. The fourth-order valence-corrected chi connectivity index (χ4v) is 1.14. The van der Waals surface area contributed by atoms with Crippen LogP contribution in [0, 0.1) is 0 Å². The number of hydrogen-bond acceptors (Lipinski definition) is 5. The lowest BCUT2D eigenvalue weighted by Crippen LogP contribution is -2.20. The topological polar surface area (TPSA) is 67.1 Å². The fourth-order valence-electron chi connectivity index (χ4n) is 1.14. The quantitative estimate of drug-likeness (QED) is 0.542. The molecule has 78 valence electrons. The minimum Gasteiger partial charge on any atom is -0.360 e. The van der Waals surface area contributed by atoms with Crippen molar-refractivity contribution in [2.75, 3.05) is 23.9 Å². The van der Waals surface area contributed by atoms with Crippen LogP contribution >= 0.6 is 0 Å². The van der Waals surface area contributed by atoms with Gasteiger partial charge in [-0.15, -0.1) is 0 Å². The molecule has 0 saturated heterocycles. The first-order valence-electron chi connectivity index (χ1n) is 4.77. The van der Waals surface area contributed by atoms with E-state index in [1.807, 2.05) is 13.1 Å². The first kappa shape index (κ1) is 10.7. The Kier molecular flexibility index (Phi) is 4.12. The van der Waals surface area contributed by atoms with E-state index in [4.69, 9.17) is 5.84 Å². The van der Waals surface area contributed by atoms with E-state index in [1.54, 1.807) is 0 Å². The van der Waals surface area contributed by atoms with E-state index in [0.717, 1.165) is 18.8 Å². The summed E-state index contributed by atoms with van der Waals surface area (Å²) < 4.78 is 0.